The molecular weight excluding hydrogens is 204 g/mol. The van der Waals surface area contributed by atoms with Gasteiger partial charge in [0.25, 0.3) is 0 Å². The van der Waals surface area contributed by atoms with Gasteiger partial charge in [-0.1, -0.05) is 76.8 Å². The third-order valence-corrected chi connectivity index (χ3v) is 3.87. The van der Waals surface area contributed by atoms with Crippen molar-refractivity contribution in [2.24, 2.45) is 5.41 Å². The van der Waals surface area contributed by atoms with E-state index in [1.165, 1.54) is 50.5 Å². The summed E-state index contributed by atoms with van der Waals surface area (Å²) in [5, 5.41) is 0. The van der Waals surface area contributed by atoms with Gasteiger partial charge in [-0.05, 0) is 30.2 Å². The molecule has 0 atom stereocenters. The molecule has 0 fully saturated rings. The fourth-order valence-electron chi connectivity index (χ4n) is 2.11. The monoisotopic (exact) mass is 232 g/mol. The molecule has 17 heavy (non-hydrogen) atoms. The van der Waals surface area contributed by atoms with Crippen LogP contribution in [-0.4, -0.2) is 0 Å². The van der Waals surface area contributed by atoms with Gasteiger partial charge in [0.15, 0.2) is 0 Å². The molecule has 0 heterocycles. The van der Waals surface area contributed by atoms with Crippen LogP contribution in [0.1, 0.15) is 64.9 Å². The van der Waals surface area contributed by atoms with Crippen LogP contribution in [0.2, 0.25) is 0 Å². The van der Waals surface area contributed by atoms with E-state index in [0.717, 1.165) is 0 Å². The maximum Gasteiger partial charge on any atom is -0.0279 e. The van der Waals surface area contributed by atoms with Gasteiger partial charge < -0.3 is 0 Å². The van der Waals surface area contributed by atoms with E-state index in [0.29, 0.717) is 5.41 Å². The highest BCUT2D eigenvalue weighted by atomic mass is 14.2. The third-order valence-electron chi connectivity index (χ3n) is 3.87. The summed E-state index contributed by atoms with van der Waals surface area (Å²) in [5.74, 6) is 0. The Labute approximate surface area is 107 Å². The zero-order valence-corrected chi connectivity index (χ0v) is 11.8. The Hall–Kier alpha value is -0.780. The van der Waals surface area contributed by atoms with Crippen molar-refractivity contribution in [3.63, 3.8) is 0 Å². The number of hydrogen-bond donors (Lipinski definition) is 0. The van der Waals surface area contributed by atoms with Crippen LogP contribution in [0, 0.1) is 5.41 Å². The molecule has 0 heteroatoms. The minimum absolute atomic E-state index is 0.555. The molecule has 96 valence electrons. The quantitative estimate of drug-likeness (QED) is 0.511. The number of rotatable bonds is 8. The molecule has 1 rings (SSSR count). The van der Waals surface area contributed by atoms with Crippen molar-refractivity contribution in [1.82, 2.24) is 0 Å². The van der Waals surface area contributed by atoms with E-state index in [1.807, 2.05) is 0 Å². The minimum Gasteiger partial charge on any atom is -0.0649 e. The van der Waals surface area contributed by atoms with Crippen LogP contribution in [0.3, 0.4) is 0 Å². The molecule has 0 N–H and O–H groups in total. The second kappa shape index (κ2) is 7.53. The minimum atomic E-state index is 0.555. The Morgan fingerprint density at radius 3 is 2.18 bits per heavy atom. The van der Waals surface area contributed by atoms with Crippen molar-refractivity contribution in [3.05, 3.63) is 35.9 Å². The molecule has 0 spiro atoms. The first-order valence-corrected chi connectivity index (χ1v) is 7.18. The molecule has 0 saturated carbocycles. The van der Waals surface area contributed by atoms with Gasteiger partial charge in [0.2, 0.25) is 0 Å². The Balaban J connectivity index is 2.02. The summed E-state index contributed by atoms with van der Waals surface area (Å²) in [5.41, 5.74) is 2.04. The maximum atomic E-state index is 2.39. The van der Waals surface area contributed by atoms with Gasteiger partial charge in [-0.2, -0.15) is 0 Å². The van der Waals surface area contributed by atoms with Crippen LogP contribution in [0.15, 0.2) is 30.3 Å². The molecule has 0 aromatic heterocycles. The molecular formula is C17H28. The lowest BCUT2D eigenvalue weighted by molar-refractivity contribution is 0.307. The van der Waals surface area contributed by atoms with E-state index in [-0.39, 0.29) is 0 Å². The molecule has 0 amide bonds. The van der Waals surface area contributed by atoms with Gasteiger partial charge in [-0.25, -0.2) is 0 Å². The molecule has 0 nitrogen and oxygen atoms in total. The standard InChI is InChI=1S/C17H28/c1-4-17(2,3)15-11-6-5-8-12-16-13-9-7-10-14-16/h7,9-10,13-14H,4-6,8,11-12,15H2,1-3H3. The van der Waals surface area contributed by atoms with Crippen molar-refractivity contribution in [2.45, 2.75) is 65.7 Å². The molecule has 0 aliphatic heterocycles. The summed E-state index contributed by atoms with van der Waals surface area (Å²) in [6.07, 6.45) is 9.46. The molecule has 1 aromatic carbocycles. The fourth-order valence-corrected chi connectivity index (χ4v) is 2.11. The SMILES string of the molecule is CCC(C)(C)CCCCCCc1ccccc1. The number of hydrogen-bond acceptors (Lipinski definition) is 0. The van der Waals surface area contributed by atoms with E-state index in [9.17, 15) is 0 Å². The summed E-state index contributed by atoms with van der Waals surface area (Å²) in [6.45, 7) is 7.07. The van der Waals surface area contributed by atoms with Crippen molar-refractivity contribution in [3.8, 4) is 0 Å². The van der Waals surface area contributed by atoms with E-state index >= 15 is 0 Å². The second-order valence-electron chi connectivity index (χ2n) is 5.92. The lowest BCUT2D eigenvalue weighted by Crippen LogP contribution is -2.08. The van der Waals surface area contributed by atoms with Crippen LogP contribution in [0.25, 0.3) is 0 Å². The van der Waals surface area contributed by atoms with Crippen LogP contribution in [0.5, 0.6) is 0 Å². The van der Waals surface area contributed by atoms with Crippen LogP contribution in [0.4, 0.5) is 0 Å². The first kappa shape index (κ1) is 14.3. The molecule has 0 unspecified atom stereocenters. The van der Waals surface area contributed by atoms with Gasteiger partial charge in [0.05, 0.1) is 0 Å². The van der Waals surface area contributed by atoms with Crippen molar-refractivity contribution in [1.29, 1.82) is 0 Å². The lowest BCUT2D eigenvalue weighted by Gasteiger charge is -2.22. The molecule has 0 bridgehead atoms. The van der Waals surface area contributed by atoms with Crippen molar-refractivity contribution >= 4 is 0 Å². The van der Waals surface area contributed by atoms with Gasteiger partial charge >= 0.3 is 0 Å². The highest BCUT2D eigenvalue weighted by Gasteiger charge is 2.13. The normalized spacial score (nSPS) is 11.7. The summed E-state index contributed by atoms with van der Waals surface area (Å²) >= 11 is 0. The molecule has 0 aliphatic carbocycles. The number of unbranched alkanes of at least 4 members (excludes halogenated alkanes) is 3. The Bertz CT molecular complexity index is 284. The highest BCUT2D eigenvalue weighted by molar-refractivity contribution is 5.14. The molecule has 1 aromatic rings. The smallest absolute Gasteiger partial charge is 0.0279 e. The molecule has 0 saturated heterocycles. The topological polar surface area (TPSA) is 0 Å². The Kier molecular flexibility index (Phi) is 6.32. The highest BCUT2D eigenvalue weighted by Crippen LogP contribution is 2.27. The number of benzene rings is 1. The third kappa shape index (κ3) is 6.51. The van der Waals surface area contributed by atoms with Crippen molar-refractivity contribution in [2.75, 3.05) is 0 Å². The first-order valence-electron chi connectivity index (χ1n) is 7.18. The second-order valence-corrected chi connectivity index (χ2v) is 5.92. The van der Waals surface area contributed by atoms with E-state index in [4.69, 9.17) is 0 Å². The molecule has 0 radical (unpaired) electrons. The van der Waals surface area contributed by atoms with E-state index < -0.39 is 0 Å². The largest absolute Gasteiger partial charge is 0.0649 e. The average Bonchev–Trinajstić information content (AvgIpc) is 2.35. The predicted octanol–water partition coefficient (Wildman–Crippen LogP) is 5.62. The van der Waals surface area contributed by atoms with Crippen LogP contribution >= 0.6 is 0 Å². The van der Waals surface area contributed by atoms with E-state index in [2.05, 4.69) is 51.1 Å². The van der Waals surface area contributed by atoms with Gasteiger partial charge in [0.1, 0.15) is 0 Å². The lowest BCUT2D eigenvalue weighted by atomic mass is 9.84. The zero-order chi connectivity index (χ0) is 12.6. The predicted molar refractivity (Wildman–Crippen MR) is 77.3 cm³/mol. The number of aryl methyl sites for hydroxylation is 1. The molecule has 0 aliphatic rings. The summed E-state index contributed by atoms with van der Waals surface area (Å²) < 4.78 is 0. The summed E-state index contributed by atoms with van der Waals surface area (Å²) in [7, 11) is 0. The Morgan fingerprint density at radius 2 is 1.53 bits per heavy atom. The first-order chi connectivity index (χ1) is 8.14. The van der Waals surface area contributed by atoms with Crippen LogP contribution < -0.4 is 0 Å². The summed E-state index contributed by atoms with van der Waals surface area (Å²) in [4.78, 5) is 0. The fraction of sp³-hybridized carbons (Fsp3) is 0.647. The average molecular weight is 232 g/mol. The van der Waals surface area contributed by atoms with Gasteiger partial charge in [-0.15, -0.1) is 0 Å². The van der Waals surface area contributed by atoms with E-state index in [1.54, 1.807) is 0 Å². The van der Waals surface area contributed by atoms with Gasteiger partial charge in [0, 0.05) is 0 Å². The zero-order valence-electron chi connectivity index (χ0n) is 11.8. The summed E-state index contributed by atoms with van der Waals surface area (Å²) in [6, 6.07) is 10.8. The van der Waals surface area contributed by atoms with Crippen LogP contribution in [-0.2, 0) is 6.42 Å². The van der Waals surface area contributed by atoms with Gasteiger partial charge in [-0.3, -0.25) is 0 Å². The Morgan fingerprint density at radius 1 is 0.882 bits per heavy atom. The maximum absolute atomic E-state index is 2.39. The van der Waals surface area contributed by atoms with Crippen molar-refractivity contribution < 1.29 is 0 Å².